The van der Waals surface area contributed by atoms with Crippen LogP contribution in [0.1, 0.15) is 27.7 Å². The van der Waals surface area contributed by atoms with Crippen LogP contribution in [0.2, 0.25) is 0 Å². The van der Waals surface area contributed by atoms with Crippen LogP contribution in [0.4, 0.5) is 0 Å². The first-order valence-corrected chi connectivity index (χ1v) is 6.04. The van der Waals surface area contributed by atoms with Crippen molar-refractivity contribution in [2.24, 2.45) is 11.1 Å². The maximum Gasteiger partial charge on any atom is 0.414 e. The maximum atomic E-state index is 11.6. The monoisotopic (exact) mass is 290 g/mol. The van der Waals surface area contributed by atoms with Gasteiger partial charge in [0, 0.05) is 18.5 Å². The number of esters is 1. The number of hydrogen-bond acceptors (Lipinski definition) is 6. The van der Waals surface area contributed by atoms with Crippen molar-refractivity contribution in [1.82, 2.24) is 5.32 Å². The fourth-order valence-corrected chi connectivity index (χ4v) is 1.39. The van der Waals surface area contributed by atoms with Gasteiger partial charge in [0.25, 0.3) is 0 Å². The molecule has 0 aromatic heterocycles. The van der Waals surface area contributed by atoms with Gasteiger partial charge in [-0.3, -0.25) is 4.79 Å². The summed E-state index contributed by atoms with van der Waals surface area (Å²) >= 11 is 0. The second-order valence-electron chi connectivity index (χ2n) is 5.88. The molecule has 0 aromatic carbocycles. The zero-order valence-electron chi connectivity index (χ0n) is 12.1. The summed E-state index contributed by atoms with van der Waals surface area (Å²) in [5.41, 5.74) is 5.26. The molecule has 0 aromatic rings. The highest BCUT2D eigenvalue weighted by atomic mass is 16.6. The van der Waals surface area contributed by atoms with Crippen LogP contribution in [0.3, 0.4) is 0 Å². The zero-order valence-corrected chi connectivity index (χ0v) is 12.1. The first kappa shape index (κ1) is 18.3. The van der Waals surface area contributed by atoms with Gasteiger partial charge in [0.1, 0.15) is 11.6 Å². The first-order valence-electron chi connectivity index (χ1n) is 6.04. The molecule has 116 valence electrons. The highest BCUT2D eigenvalue weighted by molar-refractivity contribution is 6.27. The molecule has 20 heavy (non-hydrogen) atoms. The third-order valence-electron chi connectivity index (χ3n) is 2.65. The molecular formula is C12H22N2O6. The lowest BCUT2D eigenvalue weighted by Gasteiger charge is -2.43. The zero-order chi connectivity index (χ0) is 16.1. The average molecular weight is 290 g/mol. The molecule has 8 nitrogen and oxygen atoms in total. The van der Waals surface area contributed by atoms with Crippen molar-refractivity contribution in [3.05, 3.63) is 0 Å². The summed E-state index contributed by atoms with van der Waals surface area (Å²) in [6.07, 6.45) is 0. The second-order valence-corrected chi connectivity index (χ2v) is 5.88. The summed E-state index contributed by atoms with van der Waals surface area (Å²) < 4.78 is 5.23. The fraction of sp³-hybridized carbons (Fsp3) is 0.750. The smallest absolute Gasteiger partial charge is 0.414 e. The molecule has 0 bridgehead atoms. The lowest BCUT2D eigenvalue weighted by molar-refractivity contribution is -0.160. The van der Waals surface area contributed by atoms with Crippen LogP contribution in [0.15, 0.2) is 0 Å². The van der Waals surface area contributed by atoms with Gasteiger partial charge in [-0.05, 0) is 20.8 Å². The van der Waals surface area contributed by atoms with Crippen LogP contribution in [0.5, 0.6) is 0 Å². The molecule has 1 heterocycles. The van der Waals surface area contributed by atoms with Crippen LogP contribution in [-0.4, -0.2) is 52.9 Å². The number of rotatable bonds is 2. The molecule has 0 saturated carbocycles. The minimum Gasteiger partial charge on any atom is -0.473 e. The normalized spacial score (nSPS) is 17.9. The summed E-state index contributed by atoms with van der Waals surface area (Å²) in [5, 5.41) is 17.9. The highest BCUT2D eigenvalue weighted by Crippen LogP contribution is 2.26. The number of nitrogens with one attached hydrogen (secondary N) is 1. The van der Waals surface area contributed by atoms with E-state index in [0.29, 0.717) is 0 Å². The molecule has 8 heteroatoms. The summed E-state index contributed by atoms with van der Waals surface area (Å²) in [6.45, 7) is 9.11. The molecule has 1 aliphatic rings. The second kappa shape index (κ2) is 6.67. The number of hydrogen-bond donors (Lipinski definition) is 4. The van der Waals surface area contributed by atoms with Gasteiger partial charge in [-0.1, -0.05) is 6.92 Å². The summed E-state index contributed by atoms with van der Waals surface area (Å²) in [6, 6.07) is -0.525. The SMILES string of the molecule is CC(C)(C)OC(=O)C(N)C1(C)CNC1.O=C(O)C(=O)O. The van der Waals surface area contributed by atoms with E-state index < -0.39 is 23.6 Å². The van der Waals surface area contributed by atoms with Crippen molar-refractivity contribution in [3.8, 4) is 0 Å². The van der Waals surface area contributed by atoms with Gasteiger partial charge in [0.2, 0.25) is 0 Å². The minimum atomic E-state index is -1.82. The molecule has 1 rings (SSSR count). The predicted octanol–water partition coefficient (Wildman–Crippen LogP) is -0.579. The van der Waals surface area contributed by atoms with Crippen molar-refractivity contribution >= 4 is 17.9 Å². The van der Waals surface area contributed by atoms with Gasteiger partial charge >= 0.3 is 17.9 Å². The van der Waals surface area contributed by atoms with Gasteiger partial charge in [0.05, 0.1) is 0 Å². The molecule has 1 aliphatic heterocycles. The van der Waals surface area contributed by atoms with Crippen molar-refractivity contribution in [2.45, 2.75) is 39.3 Å². The lowest BCUT2D eigenvalue weighted by Crippen LogP contribution is -2.63. The topological polar surface area (TPSA) is 139 Å². The standard InChI is InChI=1S/C10H20N2O2.C2H2O4/c1-9(2,3)14-8(13)7(11)10(4)5-12-6-10;3-1(4)2(5)6/h7,12H,5-6,11H2,1-4H3;(H,3,4)(H,5,6). The molecular weight excluding hydrogens is 268 g/mol. The Morgan fingerprint density at radius 1 is 1.20 bits per heavy atom. The van der Waals surface area contributed by atoms with Crippen LogP contribution in [0, 0.1) is 5.41 Å². The summed E-state index contributed by atoms with van der Waals surface area (Å²) in [5.74, 6) is -3.95. The Labute approximate surface area is 117 Å². The Bertz CT molecular complexity index is 372. The molecule has 0 aliphatic carbocycles. The molecule has 5 N–H and O–H groups in total. The minimum absolute atomic E-state index is 0.137. The quantitative estimate of drug-likeness (QED) is 0.391. The maximum absolute atomic E-state index is 11.6. The van der Waals surface area contributed by atoms with Crippen LogP contribution >= 0.6 is 0 Å². The van der Waals surface area contributed by atoms with E-state index in [0.717, 1.165) is 13.1 Å². The Balaban J connectivity index is 0.000000511. The Kier molecular flexibility index (Phi) is 6.11. The van der Waals surface area contributed by atoms with Crippen LogP contribution in [0.25, 0.3) is 0 Å². The van der Waals surface area contributed by atoms with Crippen molar-refractivity contribution < 1.29 is 29.3 Å². The van der Waals surface area contributed by atoms with E-state index in [1.807, 2.05) is 27.7 Å². The van der Waals surface area contributed by atoms with Gasteiger partial charge in [-0.25, -0.2) is 9.59 Å². The van der Waals surface area contributed by atoms with E-state index in [1.165, 1.54) is 0 Å². The van der Waals surface area contributed by atoms with E-state index in [-0.39, 0.29) is 11.4 Å². The van der Waals surface area contributed by atoms with E-state index in [2.05, 4.69) is 5.32 Å². The van der Waals surface area contributed by atoms with E-state index in [9.17, 15) is 4.79 Å². The number of carboxylic acid groups (broad SMARTS) is 2. The summed E-state index contributed by atoms with van der Waals surface area (Å²) in [7, 11) is 0. The van der Waals surface area contributed by atoms with Gasteiger partial charge in [0.15, 0.2) is 0 Å². The molecule has 1 unspecified atom stereocenters. The average Bonchev–Trinajstić information content (AvgIpc) is 2.23. The molecule has 1 fully saturated rings. The predicted molar refractivity (Wildman–Crippen MR) is 70.1 cm³/mol. The number of ether oxygens (including phenoxy) is 1. The largest absolute Gasteiger partial charge is 0.473 e. The van der Waals surface area contributed by atoms with E-state index in [4.69, 9.17) is 30.3 Å². The Morgan fingerprint density at radius 3 is 1.80 bits per heavy atom. The van der Waals surface area contributed by atoms with Crippen molar-refractivity contribution in [2.75, 3.05) is 13.1 Å². The lowest BCUT2D eigenvalue weighted by atomic mass is 9.77. The number of carbonyl (C=O) groups excluding carboxylic acids is 1. The summed E-state index contributed by atoms with van der Waals surface area (Å²) in [4.78, 5) is 29.8. The fourth-order valence-electron chi connectivity index (χ4n) is 1.39. The number of aliphatic carboxylic acids is 2. The van der Waals surface area contributed by atoms with E-state index >= 15 is 0 Å². The molecule has 1 saturated heterocycles. The molecule has 0 spiro atoms. The molecule has 1 atom stereocenters. The number of carbonyl (C=O) groups is 3. The van der Waals surface area contributed by atoms with Crippen LogP contribution < -0.4 is 11.1 Å². The third kappa shape index (κ3) is 5.98. The Morgan fingerprint density at radius 2 is 1.60 bits per heavy atom. The van der Waals surface area contributed by atoms with E-state index in [1.54, 1.807) is 0 Å². The number of nitrogens with two attached hydrogens (primary N) is 1. The first-order chi connectivity index (χ1) is 8.89. The number of carboxylic acids is 2. The van der Waals surface area contributed by atoms with Crippen molar-refractivity contribution in [3.63, 3.8) is 0 Å². The molecule has 0 amide bonds. The third-order valence-corrected chi connectivity index (χ3v) is 2.65. The highest BCUT2D eigenvalue weighted by Gasteiger charge is 2.43. The Hall–Kier alpha value is -1.67. The van der Waals surface area contributed by atoms with Crippen LogP contribution in [-0.2, 0) is 19.1 Å². The van der Waals surface area contributed by atoms with Gasteiger partial charge in [-0.2, -0.15) is 0 Å². The van der Waals surface area contributed by atoms with Crippen molar-refractivity contribution in [1.29, 1.82) is 0 Å². The molecule has 0 radical (unpaired) electrons. The van der Waals surface area contributed by atoms with Gasteiger partial charge in [-0.15, -0.1) is 0 Å². The van der Waals surface area contributed by atoms with Gasteiger partial charge < -0.3 is 26.0 Å².